The Morgan fingerprint density at radius 1 is 1.33 bits per heavy atom. The van der Waals surface area contributed by atoms with Crippen LogP contribution in [0.4, 0.5) is 5.69 Å². The van der Waals surface area contributed by atoms with Crippen molar-refractivity contribution >= 4 is 22.9 Å². The first kappa shape index (κ1) is 15.6. The zero-order valence-electron chi connectivity index (χ0n) is 12.8. The number of thiophene rings is 1. The van der Waals surface area contributed by atoms with E-state index >= 15 is 0 Å². The molecule has 0 aliphatic heterocycles. The molecule has 2 aromatic rings. The number of nitrogens with one attached hydrogen (secondary N) is 2. The van der Waals surface area contributed by atoms with Crippen LogP contribution in [0.2, 0.25) is 0 Å². The molecule has 0 spiro atoms. The molecule has 1 aromatic heterocycles. The molecule has 0 saturated heterocycles. The lowest BCUT2D eigenvalue weighted by Gasteiger charge is -2.14. The molecular weight excluding hydrogens is 280 g/mol. The summed E-state index contributed by atoms with van der Waals surface area (Å²) in [5, 5.41) is 10.5. The van der Waals surface area contributed by atoms with Crippen molar-refractivity contribution < 1.29 is 4.79 Å². The second-order valence-electron chi connectivity index (χ2n) is 5.27. The van der Waals surface area contributed by atoms with E-state index < -0.39 is 0 Å². The smallest absolute Gasteiger partial charge is 0.251 e. The van der Waals surface area contributed by atoms with Crippen LogP contribution in [0, 0.1) is 6.92 Å². The lowest BCUT2D eigenvalue weighted by molar-refractivity contribution is 0.0940. The molecule has 0 radical (unpaired) electrons. The third kappa shape index (κ3) is 4.33. The Bertz CT molecular complexity index is 593. The third-order valence-corrected chi connectivity index (χ3v) is 4.09. The fraction of sp³-hybridized carbons (Fsp3) is 0.353. The summed E-state index contributed by atoms with van der Waals surface area (Å²) >= 11 is 1.69. The average molecular weight is 302 g/mol. The molecule has 1 amide bonds. The maximum Gasteiger partial charge on any atom is 0.251 e. The molecule has 0 saturated carbocycles. The molecule has 1 aromatic carbocycles. The van der Waals surface area contributed by atoms with Crippen molar-refractivity contribution in [3.8, 4) is 0 Å². The molecule has 21 heavy (non-hydrogen) atoms. The maximum atomic E-state index is 12.3. The summed E-state index contributed by atoms with van der Waals surface area (Å²) in [6, 6.07) is 8.00. The molecule has 112 valence electrons. The SMILES string of the molecule is CCNc1ccc(C(=O)NC(C)Cc2ccsc2)cc1C. The summed E-state index contributed by atoms with van der Waals surface area (Å²) in [5.74, 6) is -0.0103. The number of hydrogen-bond donors (Lipinski definition) is 2. The van der Waals surface area contributed by atoms with Gasteiger partial charge in [-0.25, -0.2) is 0 Å². The first-order chi connectivity index (χ1) is 10.1. The van der Waals surface area contributed by atoms with Crippen LogP contribution in [0.25, 0.3) is 0 Å². The zero-order chi connectivity index (χ0) is 15.2. The third-order valence-electron chi connectivity index (χ3n) is 3.36. The summed E-state index contributed by atoms with van der Waals surface area (Å²) in [5.41, 5.74) is 4.16. The lowest BCUT2D eigenvalue weighted by atomic mass is 10.1. The van der Waals surface area contributed by atoms with Gasteiger partial charge in [-0.3, -0.25) is 4.79 Å². The van der Waals surface area contributed by atoms with E-state index in [4.69, 9.17) is 0 Å². The highest BCUT2D eigenvalue weighted by Gasteiger charge is 2.11. The monoisotopic (exact) mass is 302 g/mol. The highest BCUT2D eigenvalue weighted by Crippen LogP contribution is 2.16. The Hall–Kier alpha value is -1.81. The van der Waals surface area contributed by atoms with Gasteiger partial charge in [0, 0.05) is 23.8 Å². The van der Waals surface area contributed by atoms with Crippen LogP contribution in [-0.4, -0.2) is 18.5 Å². The van der Waals surface area contributed by atoms with Crippen molar-refractivity contribution in [1.29, 1.82) is 0 Å². The van der Waals surface area contributed by atoms with Crippen LogP contribution in [-0.2, 0) is 6.42 Å². The number of amides is 1. The quantitative estimate of drug-likeness (QED) is 0.851. The van der Waals surface area contributed by atoms with Gasteiger partial charge in [0.25, 0.3) is 5.91 Å². The van der Waals surface area contributed by atoms with Crippen molar-refractivity contribution in [3.63, 3.8) is 0 Å². The molecule has 4 heteroatoms. The van der Waals surface area contributed by atoms with Crippen molar-refractivity contribution in [2.24, 2.45) is 0 Å². The molecule has 1 atom stereocenters. The van der Waals surface area contributed by atoms with Crippen molar-refractivity contribution in [3.05, 3.63) is 51.7 Å². The Balaban J connectivity index is 1.98. The van der Waals surface area contributed by atoms with E-state index in [0.717, 1.165) is 24.2 Å². The van der Waals surface area contributed by atoms with E-state index in [0.29, 0.717) is 5.56 Å². The summed E-state index contributed by atoms with van der Waals surface area (Å²) in [6.45, 7) is 7.00. The van der Waals surface area contributed by atoms with Crippen molar-refractivity contribution in [1.82, 2.24) is 5.32 Å². The van der Waals surface area contributed by atoms with Gasteiger partial charge < -0.3 is 10.6 Å². The molecule has 3 nitrogen and oxygen atoms in total. The molecule has 0 aliphatic carbocycles. The van der Waals surface area contributed by atoms with Crippen LogP contribution < -0.4 is 10.6 Å². The minimum atomic E-state index is -0.0103. The molecular formula is C17H22N2OS. The van der Waals surface area contributed by atoms with E-state index in [1.807, 2.05) is 32.0 Å². The summed E-state index contributed by atoms with van der Waals surface area (Å²) in [6.07, 6.45) is 0.865. The normalized spacial score (nSPS) is 12.0. The molecule has 0 bridgehead atoms. The molecule has 2 rings (SSSR count). The van der Waals surface area contributed by atoms with Crippen LogP contribution >= 0.6 is 11.3 Å². The topological polar surface area (TPSA) is 41.1 Å². The van der Waals surface area contributed by atoms with Gasteiger partial charge >= 0.3 is 0 Å². The van der Waals surface area contributed by atoms with Gasteiger partial charge in [-0.15, -0.1) is 0 Å². The van der Waals surface area contributed by atoms with Crippen molar-refractivity contribution in [2.75, 3.05) is 11.9 Å². The second-order valence-corrected chi connectivity index (χ2v) is 6.05. The largest absolute Gasteiger partial charge is 0.385 e. The lowest BCUT2D eigenvalue weighted by Crippen LogP contribution is -2.34. The summed E-state index contributed by atoms with van der Waals surface area (Å²) in [7, 11) is 0. The Labute approximate surface area is 130 Å². The first-order valence-electron chi connectivity index (χ1n) is 7.26. The van der Waals surface area contributed by atoms with Crippen molar-refractivity contribution in [2.45, 2.75) is 33.2 Å². The van der Waals surface area contributed by atoms with Gasteiger partial charge in [0.1, 0.15) is 0 Å². The van der Waals surface area contributed by atoms with Crippen LogP contribution in [0.1, 0.15) is 35.3 Å². The second kappa shape index (κ2) is 7.27. The fourth-order valence-corrected chi connectivity index (χ4v) is 3.00. The molecule has 1 heterocycles. The van der Waals surface area contributed by atoms with Gasteiger partial charge in [-0.05, 0) is 73.3 Å². The maximum absolute atomic E-state index is 12.3. The molecule has 2 N–H and O–H groups in total. The van der Waals surface area contributed by atoms with Gasteiger partial charge in [-0.2, -0.15) is 11.3 Å². The van der Waals surface area contributed by atoms with Gasteiger partial charge in [0.05, 0.1) is 0 Å². The minimum Gasteiger partial charge on any atom is -0.385 e. The highest BCUT2D eigenvalue weighted by molar-refractivity contribution is 7.07. The first-order valence-corrected chi connectivity index (χ1v) is 8.21. The Morgan fingerprint density at radius 2 is 2.14 bits per heavy atom. The van der Waals surface area contributed by atoms with E-state index in [-0.39, 0.29) is 11.9 Å². The number of carbonyl (C=O) groups is 1. The van der Waals surface area contributed by atoms with E-state index in [9.17, 15) is 4.79 Å². The molecule has 0 fully saturated rings. The number of benzene rings is 1. The predicted molar refractivity (Wildman–Crippen MR) is 90.3 cm³/mol. The minimum absolute atomic E-state index is 0.0103. The van der Waals surface area contributed by atoms with Gasteiger partial charge in [-0.1, -0.05) is 0 Å². The van der Waals surface area contributed by atoms with Crippen LogP contribution in [0.15, 0.2) is 35.0 Å². The van der Waals surface area contributed by atoms with Crippen LogP contribution in [0.5, 0.6) is 0 Å². The summed E-state index contributed by atoms with van der Waals surface area (Å²) < 4.78 is 0. The Kier molecular flexibility index (Phi) is 5.39. The number of carbonyl (C=O) groups excluding carboxylic acids is 1. The molecule has 0 aliphatic rings. The molecule has 1 unspecified atom stereocenters. The Morgan fingerprint density at radius 3 is 2.76 bits per heavy atom. The zero-order valence-corrected chi connectivity index (χ0v) is 13.6. The standard InChI is InChI=1S/C17H22N2OS/c1-4-18-16-6-5-15(9-12(16)2)17(20)19-13(3)10-14-7-8-21-11-14/h5-9,11,13,18H,4,10H2,1-3H3,(H,19,20). The van der Waals surface area contributed by atoms with Gasteiger partial charge in [0.15, 0.2) is 0 Å². The number of anilines is 1. The summed E-state index contributed by atoms with van der Waals surface area (Å²) in [4.78, 5) is 12.3. The predicted octanol–water partition coefficient (Wildman–Crippen LogP) is 3.85. The van der Waals surface area contributed by atoms with Crippen LogP contribution in [0.3, 0.4) is 0 Å². The van der Waals surface area contributed by atoms with Gasteiger partial charge in [0.2, 0.25) is 0 Å². The van der Waals surface area contributed by atoms with E-state index in [1.54, 1.807) is 11.3 Å². The average Bonchev–Trinajstić information content (AvgIpc) is 2.93. The van der Waals surface area contributed by atoms with E-state index in [1.165, 1.54) is 5.56 Å². The number of aryl methyl sites for hydroxylation is 1. The fourth-order valence-electron chi connectivity index (χ4n) is 2.31. The number of hydrogen-bond acceptors (Lipinski definition) is 3. The highest BCUT2D eigenvalue weighted by atomic mass is 32.1. The van der Waals surface area contributed by atoms with E-state index in [2.05, 4.69) is 34.4 Å². The number of rotatable bonds is 6.